The first kappa shape index (κ1) is 13.6. The SMILES string of the molecule is CCNC(CCc1ccccc1)C1CCCOC1. The van der Waals surface area contributed by atoms with Crippen LogP contribution in [0.15, 0.2) is 30.3 Å². The minimum absolute atomic E-state index is 0.607. The normalized spacial score (nSPS) is 21.7. The Hall–Kier alpha value is -0.860. The number of hydrogen-bond donors (Lipinski definition) is 1. The van der Waals surface area contributed by atoms with Gasteiger partial charge in [-0.25, -0.2) is 0 Å². The molecular weight excluding hydrogens is 222 g/mol. The molecule has 1 fully saturated rings. The van der Waals surface area contributed by atoms with Crippen LogP contribution in [-0.2, 0) is 11.2 Å². The molecule has 1 aromatic carbocycles. The van der Waals surface area contributed by atoms with E-state index in [4.69, 9.17) is 4.74 Å². The summed E-state index contributed by atoms with van der Waals surface area (Å²) in [5.41, 5.74) is 1.44. The van der Waals surface area contributed by atoms with E-state index in [-0.39, 0.29) is 0 Å². The number of benzene rings is 1. The Labute approximate surface area is 111 Å². The van der Waals surface area contributed by atoms with Crippen LogP contribution >= 0.6 is 0 Å². The van der Waals surface area contributed by atoms with E-state index >= 15 is 0 Å². The molecule has 2 atom stereocenters. The van der Waals surface area contributed by atoms with Crippen molar-refractivity contribution in [2.45, 2.75) is 38.6 Å². The molecule has 2 rings (SSSR count). The third-order valence-electron chi connectivity index (χ3n) is 3.82. The van der Waals surface area contributed by atoms with Crippen LogP contribution in [0.4, 0.5) is 0 Å². The molecule has 0 aliphatic carbocycles. The summed E-state index contributed by atoms with van der Waals surface area (Å²) in [5.74, 6) is 0.697. The molecule has 0 radical (unpaired) electrons. The highest BCUT2D eigenvalue weighted by atomic mass is 16.5. The first-order valence-electron chi connectivity index (χ1n) is 7.25. The van der Waals surface area contributed by atoms with Crippen molar-refractivity contribution in [2.24, 2.45) is 5.92 Å². The average molecular weight is 247 g/mol. The maximum atomic E-state index is 5.62. The van der Waals surface area contributed by atoms with Gasteiger partial charge in [-0.15, -0.1) is 0 Å². The third kappa shape index (κ3) is 4.11. The highest BCUT2D eigenvalue weighted by Crippen LogP contribution is 2.20. The van der Waals surface area contributed by atoms with Crippen molar-refractivity contribution in [3.05, 3.63) is 35.9 Å². The Balaban J connectivity index is 1.85. The predicted molar refractivity (Wildman–Crippen MR) is 75.8 cm³/mol. The summed E-state index contributed by atoms with van der Waals surface area (Å²) in [6.45, 7) is 5.13. The van der Waals surface area contributed by atoms with Gasteiger partial charge in [0.05, 0.1) is 6.61 Å². The molecule has 0 spiro atoms. The Kier molecular flexibility index (Phi) is 5.69. The molecule has 1 aliphatic rings. The minimum atomic E-state index is 0.607. The average Bonchev–Trinajstić information content (AvgIpc) is 2.45. The molecule has 1 aliphatic heterocycles. The van der Waals surface area contributed by atoms with Crippen LogP contribution in [0.1, 0.15) is 31.7 Å². The minimum Gasteiger partial charge on any atom is -0.381 e. The molecular formula is C16H25NO. The highest BCUT2D eigenvalue weighted by molar-refractivity contribution is 5.14. The molecule has 0 amide bonds. The van der Waals surface area contributed by atoms with Gasteiger partial charge in [-0.1, -0.05) is 37.3 Å². The molecule has 2 nitrogen and oxygen atoms in total. The molecule has 0 aromatic heterocycles. The fraction of sp³-hybridized carbons (Fsp3) is 0.625. The summed E-state index contributed by atoms with van der Waals surface area (Å²) in [6.07, 6.45) is 4.91. The predicted octanol–water partition coefficient (Wildman–Crippen LogP) is 3.02. The zero-order valence-electron chi connectivity index (χ0n) is 11.4. The second-order valence-corrected chi connectivity index (χ2v) is 5.17. The highest BCUT2D eigenvalue weighted by Gasteiger charge is 2.23. The van der Waals surface area contributed by atoms with Crippen molar-refractivity contribution < 1.29 is 4.74 Å². The fourth-order valence-corrected chi connectivity index (χ4v) is 2.82. The Morgan fingerprint density at radius 1 is 1.33 bits per heavy atom. The van der Waals surface area contributed by atoms with Crippen molar-refractivity contribution in [3.63, 3.8) is 0 Å². The van der Waals surface area contributed by atoms with Crippen molar-refractivity contribution in [2.75, 3.05) is 19.8 Å². The molecule has 0 bridgehead atoms. The molecule has 18 heavy (non-hydrogen) atoms. The summed E-state index contributed by atoms with van der Waals surface area (Å²) < 4.78 is 5.62. The van der Waals surface area contributed by atoms with E-state index in [1.807, 2.05) is 0 Å². The van der Waals surface area contributed by atoms with Gasteiger partial charge in [-0.2, -0.15) is 0 Å². The van der Waals surface area contributed by atoms with Crippen LogP contribution in [-0.4, -0.2) is 25.8 Å². The van der Waals surface area contributed by atoms with Crippen LogP contribution in [0, 0.1) is 5.92 Å². The summed E-state index contributed by atoms with van der Waals surface area (Å²) in [6, 6.07) is 11.4. The van der Waals surface area contributed by atoms with Gasteiger partial charge in [0.15, 0.2) is 0 Å². The Morgan fingerprint density at radius 2 is 2.17 bits per heavy atom. The zero-order chi connectivity index (χ0) is 12.6. The van der Waals surface area contributed by atoms with Gasteiger partial charge in [0, 0.05) is 12.6 Å². The summed E-state index contributed by atoms with van der Waals surface area (Å²) in [4.78, 5) is 0. The van der Waals surface area contributed by atoms with Gasteiger partial charge >= 0.3 is 0 Å². The summed E-state index contributed by atoms with van der Waals surface area (Å²) in [5, 5.41) is 3.64. The van der Waals surface area contributed by atoms with E-state index in [1.54, 1.807) is 0 Å². The van der Waals surface area contributed by atoms with Gasteiger partial charge in [-0.05, 0) is 43.7 Å². The maximum absolute atomic E-state index is 5.62. The summed E-state index contributed by atoms with van der Waals surface area (Å²) >= 11 is 0. The second kappa shape index (κ2) is 7.55. The van der Waals surface area contributed by atoms with E-state index in [1.165, 1.54) is 24.8 Å². The lowest BCUT2D eigenvalue weighted by molar-refractivity contribution is 0.0382. The number of aryl methyl sites for hydroxylation is 1. The van der Waals surface area contributed by atoms with Crippen LogP contribution in [0.3, 0.4) is 0 Å². The molecule has 2 unspecified atom stereocenters. The molecule has 100 valence electrons. The quantitative estimate of drug-likeness (QED) is 0.834. The monoisotopic (exact) mass is 247 g/mol. The first-order chi connectivity index (χ1) is 8.90. The van der Waals surface area contributed by atoms with E-state index in [2.05, 4.69) is 42.6 Å². The molecule has 2 heteroatoms. The lowest BCUT2D eigenvalue weighted by atomic mass is 9.89. The first-order valence-corrected chi connectivity index (χ1v) is 7.25. The zero-order valence-corrected chi connectivity index (χ0v) is 11.4. The third-order valence-corrected chi connectivity index (χ3v) is 3.82. The van der Waals surface area contributed by atoms with E-state index < -0.39 is 0 Å². The molecule has 0 saturated carbocycles. The van der Waals surface area contributed by atoms with Crippen LogP contribution in [0.2, 0.25) is 0 Å². The Bertz CT molecular complexity index is 319. The van der Waals surface area contributed by atoms with Gasteiger partial charge in [0.2, 0.25) is 0 Å². The van der Waals surface area contributed by atoms with Gasteiger partial charge in [0.25, 0.3) is 0 Å². The van der Waals surface area contributed by atoms with E-state index in [0.717, 1.165) is 26.2 Å². The van der Waals surface area contributed by atoms with E-state index in [0.29, 0.717) is 12.0 Å². The van der Waals surface area contributed by atoms with Crippen LogP contribution < -0.4 is 5.32 Å². The fourth-order valence-electron chi connectivity index (χ4n) is 2.82. The lowest BCUT2D eigenvalue weighted by Crippen LogP contribution is -2.40. The number of nitrogens with one attached hydrogen (secondary N) is 1. The smallest absolute Gasteiger partial charge is 0.0509 e. The number of rotatable bonds is 6. The van der Waals surface area contributed by atoms with E-state index in [9.17, 15) is 0 Å². The largest absolute Gasteiger partial charge is 0.381 e. The molecule has 1 aromatic rings. The van der Waals surface area contributed by atoms with Crippen LogP contribution in [0.5, 0.6) is 0 Å². The van der Waals surface area contributed by atoms with Crippen molar-refractivity contribution in [3.8, 4) is 0 Å². The van der Waals surface area contributed by atoms with Gasteiger partial charge in [0.1, 0.15) is 0 Å². The van der Waals surface area contributed by atoms with Gasteiger partial charge in [-0.3, -0.25) is 0 Å². The van der Waals surface area contributed by atoms with Crippen LogP contribution in [0.25, 0.3) is 0 Å². The summed E-state index contributed by atoms with van der Waals surface area (Å²) in [7, 11) is 0. The molecule has 1 N–H and O–H groups in total. The second-order valence-electron chi connectivity index (χ2n) is 5.17. The molecule has 1 heterocycles. The van der Waals surface area contributed by atoms with Crippen molar-refractivity contribution >= 4 is 0 Å². The standard InChI is InChI=1S/C16H25NO/c1-2-17-16(15-9-6-12-18-13-15)11-10-14-7-4-3-5-8-14/h3-5,7-8,15-17H,2,6,9-13H2,1H3. The van der Waals surface area contributed by atoms with Gasteiger partial charge < -0.3 is 10.1 Å². The number of ether oxygens (including phenoxy) is 1. The van der Waals surface area contributed by atoms with Crippen molar-refractivity contribution in [1.82, 2.24) is 5.32 Å². The maximum Gasteiger partial charge on any atom is 0.0509 e. The topological polar surface area (TPSA) is 21.3 Å². The Morgan fingerprint density at radius 3 is 2.83 bits per heavy atom. The molecule has 1 saturated heterocycles. The lowest BCUT2D eigenvalue weighted by Gasteiger charge is -2.31. The van der Waals surface area contributed by atoms with Crippen molar-refractivity contribution in [1.29, 1.82) is 0 Å². The number of hydrogen-bond acceptors (Lipinski definition) is 2.